The van der Waals surface area contributed by atoms with Crippen LogP contribution in [0.1, 0.15) is 67.3 Å². The molecule has 2 aromatic rings. The van der Waals surface area contributed by atoms with Gasteiger partial charge in [0.25, 0.3) is 0 Å². The van der Waals surface area contributed by atoms with E-state index in [1.54, 1.807) is 0 Å². The Morgan fingerprint density at radius 3 is 2.50 bits per heavy atom. The maximum absolute atomic E-state index is 13.5. The number of rotatable bonds is 5. The molecule has 1 atom stereocenters. The molecule has 0 bridgehead atoms. The van der Waals surface area contributed by atoms with E-state index in [9.17, 15) is 9.59 Å². The van der Waals surface area contributed by atoms with Crippen LogP contribution in [0.5, 0.6) is 5.75 Å². The molecule has 0 fully saturated rings. The van der Waals surface area contributed by atoms with Crippen LogP contribution >= 0.6 is 11.6 Å². The minimum absolute atomic E-state index is 0.0724. The summed E-state index contributed by atoms with van der Waals surface area (Å²) >= 11 is 6.10. The van der Waals surface area contributed by atoms with Gasteiger partial charge in [-0.15, -0.1) is 0 Å². The van der Waals surface area contributed by atoms with Crippen LogP contribution in [0, 0.1) is 26.2 Å². The van der Waals surface area contributed by atoms with Crippen LogP contribution in [0.4, 0.5) is 0 Å². The summed E-state index contributed by atoms with van der Waals surface area (Å²) in [5.74, 6) is -0.0783. The third-order valence-corrected chi connectivity index (χ3v) is 7.41. The molecule has 0 amide bonds. The summed E-state index contributed by atoms with van der Waals surface area (Å²) < 4.78 is 11.4. The van der Waals surface area contributed by atoms with Crippen molar-refractivity contribution in [2.24, 2.45) is 5.41 Å². The van der Waals surface area contributed by atoms with Crippen LogP contribution in [0.2, 0.25) is 5.02 Å². The number of hydrogen-bond acceptors (Lipinski definition) is 5. The molecule has 4 rings (SSSR count). The molecule has 2 aliphatic rings. The Hall–Kier alpha value is -3.05. The summed E-state index contributed by atoms with van der Waals surface area (Å²) in [4.78, 5) is 26.6. The van der Waals surface area contributed by atoms with Gasteiger partial charge in [0, 0.05) is 34.3 Å². The number of hydrogen-bond donors (Lipinski definition) is 1. The van der Waals surface area contributed by atoms with Gasteiger partial charge >= 0.3 is 5.97 Å². The fourth-order valence-corrected chi connectivity index (χ4v) is 5.70. The molecule has 0 radical (unpaired) electrons. The number of dihydropyridines is 1. The van der Waals surface area contributed by atoms with Gasteiger partial charge < -0.3 is 14.8 Å². The number of methoxy groups -OCH3 is 1. The van der Waals surface area contributed by atoms with Crippen molar-refractivity contribution < 1.29 is 19.1 Å². The van der Waals surface area contributed by atoms with Crippen LogP contribution in [0.15, 0.2) is 52.9 Å². The predicted octanol–water partition coefficient (Wildman–Crippen LogP) is 6.62. The SMILES string of the molecule is COC(=O)C1=C(C)NC2=C(C(=O)CC(C)(C)C2)C1c1cc(C)cc(COc2ccc(Cl)cc2C)c1C. The maximum Gasteiger partial charge on any atom is 0.336 e. The van der Waals surface area contributed by atoms with E-state index in [0.717, 1.165) is 51.4 Å². The molecule has 190 valence electrons. The van der Waals surface area contributed by atoms with Gasteiger partial charge in [0.05, 0.1) is 12.7 Å². The fourth-order valence-electron chi connectivity index (χ4n) is 5.47. The lowest BCUT2D eigenvalue weighted by Crippen LogP contribution is -2.38. The van der Waals surface area contributed by atoms with E-state index in [1.807, 2.05) is 45.9 Å². The second kappa shape index (κ2) is 9.78. The normalized spacial score (nSPS) is 19.1. The van der Waals surface area contributed by atoms with E-state index < -0.39 is 11.9 Å². The van der Waals surface area contributed by atoms with Crippen LogP contribution in [-0.4, -0.2) is 18.9 Å². The number of nitrogens with one attached hydrogen (secondary N) is 1. The van der Waals surface area contributed by atoms with Crippen molar-refractivity contribution in [2.75, 3.05) is 7.11 Å². The minimum atomic E-state index is -0.492. The number of carbonyl (C=O) groups excluding carboxylic acids is 2. The molecule has 5 nitrogen and oxygen atoms in total. The Morgan fingerprint density at radius 2 is 1.83 bits per heavy atom. The van der Waals surface area contributed by atoms with E-state index in [2.05, 4.69) is 31.3 Å². The second-order valence-electron chi connectivity index (χ2n) is 10.8. The number of allylic oxidation sites excluding steroid dienone is 3. The zero-order valence-corrected chi connectivity index (χ0v) is 22.9. The lowest BCUT2D eigenvalue weighted by atomic mass is 9.68. The van der Waals surface area contributed by atoms with Crippen LogP contribution in [0.3, 0.4) is 0 Å². The molecule has 0 aromatic heterocycles. The molecule has 0 saturated heterocycles. The number of benzene rings is 2. The van der Waals surface area contributed by atoms with Crippen molar-refractivity contribution in [1.29, 1.82) is 0 Å². The summed E-state index contributed by atoms with van der Waals surface area (Å²) in [5, 5.41) is 4.05. The Labute approximate surface area is 218 Å². The lowest BCUT2D eigenvalue weighted by molar-refractivity contribution is -0.136. The van der Waals surface area contributed by atoms with Gasteiger partial charge in [-0.05, 0) is 80.0 Å². The van der Waals surface area contributed by atoms with Crippen molar-refractivity contribution >= 4 is 23.4 Å². The summed E-state index contributed by atoms with van der Waals surface area (Å²) in [6.45, 7) is 12.5. The summed E-state index contributed by atoms with van der Waals surface area (Å²) in [6, 6.07) is 9.74. The number of ketones is 1. The zero-order chi connectivity index (χ0) is 26.4. The van der Waals surface area contributed by atoms with Gasteiger partial charge in [0.2, 0.25) is 0 Å². The number of ether oxygens (including phenoxy) is 2. The molecule has 0 saturated carbocycles. The molecule has 6 heteroatoms. The number of carbonyl (C=O) groups is 2. The third-order valence-electron chi connectivity index (χ3n) is 7.18. The summed E-state index contributed by atoms with van der Waals surface area (Å²) in [7, 11) is 1.38. The van der Waals surface area contributed by atoms with E-state index in [1.165, 1.54) is 7.11 Å². The van der Waals surface area contributed by atoms with Gasteiger partial charge in [-0.1, -0.05) is 43.1 Å². The summed E-state index contributed by atoms with van der Waals surface area (Å²) in [5.41, 5.74) is 7.58. The standard InChI is InChI=1S/C30H34ClNO4/c1-16-10-20(15-36-25-9-8-21(31)12-17(25)2)18(3)22(11-16)27-26(29(34)35-7)19(4)32-23-13-30(5,6)14-24(33)28(23)27/h8-12,27,32H,13-15H2,1-7H3. The van der Waals surface area contributed by atoms with Crippen molar-refractivity contribution in [3.63, 3.8) is 0 Å². The van der Waals surface area contributed by atoms with Crippen molar-refractivity contribution in [3.05, 3.63) is 85.7 Å². The Morgan fingerprint density at radius 1 is 1.11 bits per heavy atom. The fraction of sp³-hybridized carbons (Fsp3) is 0.400. The molecule has 1 aliphatic carbocycles. The van der Waals surface area contributed by atoms with Crippen LogP contribution in [-0.2, 0) is 20.9 Å². The van der Waals surface area contributed by atoms with E-state index >= 15 is 0 Å². The molecule has 1 unspecified atom stereocenters. The Balaban J connectivity index is 1.82. The van der Waals surface area contributed by atoms with Gasteiger partial charge in [0.15, 0.2) is 5.78 Å². The molecule has 1 heterocycles. The minimum Gasteiger partial charge on any atom is -0.489 e. The Kier molecular flexibility index (Phi) is 7.07. The largest absolute Gasteiger partial charge is 0.489 e. The van der Waals surface area contributed by atoms with Crippen LogP contribution < -0.4 is 10.1 Å². The topological polar surface area (TPSA) is 64.6 Å². The number of esters is 1. The van der Waals surface area contributed by atoms with Gasteiger partial charge in [-0.25, -0.2) is 4.79 Å². The summed E-state index contributed by atoms with van der Waals surface area (Å²) in [6.07, 6.45) is 1.18. The molecule has 2 aromatic carbocycles. The second-order valence-corrected chi connectivity index (χ2v) is 11.2. The van der Waals surface area contributed by atoms with E-state index in [-0.39, 0.29) is 11.2 Å². The first-order chi connectivity index (χ1) is 16.9. The highest BCUT2D eigenvalue weighted by Crippen LogP contribution is 2.48. The van der Waals surface area contributed by atoms with Gasteiger partial charge in [-0.3, -0.25) is 4.79 Å². The van der Waals surface area contributed by atoms with E-state index in [4.69, 9.17) is 21.1 Å². The van der Waals surface area contributed by atoms with Crippen molar-refractivity contribution in [1.82, 2.24) is 5.32 Å². The molecule has 1 aliphatic heterocycles. The number of Topliss-reactive ketones (excluding diaryl/α,β-unsaturated/α-hetero) is 1. The first-order valence-electron chi connectivity index (χ1n) is 12.2. The first-order valence-corrected chi connectivity index (χ1v) is 12.6. The zero-order valence-electron chi connectivity index (χ0n) is 22.1. The quantitative estimate of drug-likeness (QED) is 0.460. The smallest absolute Gasteiger partial charge is 0.336 e. The average Bonchev–Trinajstić information content (AvgIpc) is 2.78. The average molecular weight is 508 g/mol. The molecular weight excluding hydrogens is 474 g/mol. The first kappa shape index (κ1) is 26.0. The van der Waals surface area contributed by atoms with Crippen molar-refractivity contribution in [3.8, 4) is 5.75 Å². The van der Waals surface area contributed by atoms with Gasteiger partial charge in [0.1, 0.15) is 12.4 Å². The Bertz CT molecular complexity index is 1320. The highest BCUT2D eigenvalue weighted by Gasteiger charge is 2.43. The van der Waals surface area contributed by atoms with Crippen LogP contribution in [0.25, 0.3) is 0 Å². The number of aryl methyl sites for hydroxylation is 2. The maximum atomic E-state index is 13.5. The molecular formula is C30H34ClNO4. The van der Waals surface area contributed by atoms with E-state index in [0.29, 0.717) is 29.2 Å². The third kappa shape index (κ3) is 4.94. The number of halogens is 1. The van der Waals surface area contributed by atoms with Gasteiger partial charge in [-0.2, -0.15) is 0 Å². The highest BCUT2D eigenvalue weighted by atomic mass is 35.5. The lowest BCUT2D eigenvalue weighted by Gasteiger charge is -2.40. The predicted molar refractivity (Wildman–Crippen MR) is 142 cm³/mol. The van der Waals surface area contributed by atoms with Crippen molar-refractivity contribution in [2.45, 2.75) is 66.9 Å². The molecule has 0 spiro atoms. The monoisotopic (exact) mass is 507 g/mol. The highest BCUT2D eigenvalue weighted by molar-refractivity contribution is 6.30. The molecule has 1 N–H and O–H groups in total. The molecule has 36 heavy (non-hydrogen) atoms.